The molecule has 0 aliphatic heterocycles. The Balaban J connectivity index is 2.00. The number of rotatable bonds is 9. The first-order valence-corrected chi connectivity index (χ1v) is 11.6. The summed E-state index contributed by atoms with van der Waals surface area (Å²) in [6, 6.07) is 5.94. The summed E-state index contributed by atoms with van der Waals surface area (Å²) in [6.07, 6.45) is 0. The Bertz CT molecular complexity index is 749. The molecule has 2 aromatic rings. The number of carbonyl (C=O) groups excluding carboxylic acids is 1. The third kappa shape index (κ3) is 5.76. The molecule has 0 unspecified atom stereocenters. The van der Waals surface area contributed by atoms with Gasteiger partial charge in [-0.25, -0.2) is 0 Å². The molecule has 0 aliphatic rings. The molecule has 8 heteroatoms. The third-order valence-corrected chi connectivity index (χ3v) is 6.12. The predicted molar refractivity (Wildman–Crippen MR) is 115 cm³/mol. The SMILES string of the molecule is CCSCc1nnc(SCC(=O)Nc2ccc(Br)cc2C(C)C)n1CC. The fourth-order valence-electron chi connectivity index (χ4n) is 2.49. The van der Waals surface area contributed by atoms with E-state index in [4.69, 9.17) is 0 Å². The number of nitrogens with one attached hydrogen (secondary N) is 1. The monoisotopic (exact) mass is 456 g/mol. The van der Waals surface area contributed by atoms with Crippen LogP contribution in [-0.4, -0.2) is 32.2 Å². The van der Waals surface area contributed by atoms with Crippen molar-refractivity contribution in [1.29, 1.82) is 0 Å². The van der Waals surface area contributed by atoms with Gasteiger partial charge in [-0.15, -0.1) is 10.2 Å². The highest BCUT2D eigenvalue weighted by atomic mass is 79.9. The van der Waals surface area contributed by atoms with E-state index in [1.807, 2.05) is 23.9 Å². The molecule has 0 aliphatic carbocycles. The molecule has 1 aromatic carbocycles. The molecule has 1 amide bonds. The molecule has 0 bridgehead atoms. The van der Waals surface area contributed by atoms with Crippen LogP contribution in [0, 0.1) is 0 Å². The second-order valence-corrected chi connectivity index (χ2v) is 9.14. The summed E-state index contributed by atoms with van der Waals surface area (Å²) >= 11 is 6.74. The summed E-state index contributed by atoms with van der Waals surface area (Å²) in [7, 11) is 0. The number of carbonyl (C=O) groups is 1. The van der Waals surface area contributed by atoms with E-state index in [9.17, 15) is 4.79 Å². The number of nitrogens with zero attached hydrogens (tertiary/aromatic N) is 3. The molecule has 0 saturated heterocycles. The summed E-state index contributed by atoms with van der Waals surface area (Å²) in [5, 5.41) is 12.3. The highest BCUT2D eigenvalue weighted by Crippen LogP contribution is 2.28. The number of thioether (sulfide) groups is 2. The van der Waals surface area contributed by atoms with E-state index in [2.05, 4.69) is 69.8 Å². The van der Waals surface area contributed by atoms with E-state index in [1.54, 1.807) is 0 Å². The zero-order valence-corrected chi connectivity index (χ0v) is 18.8. The number of aromatic nitrogens is 3. The summed E-state index contributed by atoms with van der Waals surface area (Å²) in [4.78, 5) is 12.4. The van der Waals surface area contributed by atoms with Crippen molar-refractivity contribution in [2.75, 3.05) is 16.8 Å². The minimum absolute atomic E-state index is 0.0330. The number of halogens is 1. The lowest BCUT2D eigenvalue weighted by atomic mass is 10.0. The summed E-state index contributed by atoms with van der Waals surface area (Å²) in [5.41, 5.74) is 1.99. The quantitative estimate of drug-likeness (QED) is 0.527. The summed E-state index contributed by atoms with van der Waals surface area (Å²) in [5.74, 6) is 3.48. The maximum atomic E-state index is 12.4. The van der Waals surface area contributed by atoms with Crippen LogP contribution in [0.15, 0.2) is 27.8 Å². The molecule has 142 valence electrons. The Hall–Kier alpha value is -0.990. The summed E-state index contributed by atoms with van der Waals surface area (Å²) in [6.45, 7) is 9.24. The van der Waals surface area contributed by atoms with Crippen molar-refractivity contribution in [3.8, 4) is 0 Å². The molecule has 2 rings (SSSR count). The van der Waals surface area contributed by atoms with Gasteiger partial charge in [-0.1, -0.05) is 48.5 Å². The van der Waals surface area contributed by atoms with E-state index in [0.29, 0.717) is 11.7 Å². The zero-order valence-electron chi connectivity index (χ0n) is 15.6. The van der Waals surface area contributed by atoms with Crippen LogP contribution < -0.4 is 5.32 Å². The van der Waals surface area contributed by atoms with Gasteiger partial charge in [-0.3, -0.25) is 4.79 Å². The van der Waals surface area contributed by atoms with Gasteiger partial charge in [0.05, 0.1) is 11.5 Å². The Labute approximate surface area is 172 Å². The third-order valence-electron chi connectivity index (χ3n) is 3.79. The van der Waals surface area contributed by atoms with Gasteiger partial charge >= 0.3 is 0 Å². The molecule has 1 aromatic heterocycles. The highest BCUT2D eigenvalue weighted by Gasteiger charge is 2.14. The van der Waals surface area contributed by atoms with Gasteiger partial charge in [0.15, 0.2) is 5.16 Å². The summed E-state index contributed by atoms with van der Waals surface area (Å²) < 4.78 is 3.10. The van der Waals surface area contributed by atoms with Crippen LogP contribution >= 0.6 is 39.5 Å². The molecule has 0 radical (unpaired) electrons. The number of anilines is 1. The van der Waals surface area contributed by atoms with Crippen molar-refractivity contribution in [2.24, 2.45) is 0 Å². The van der Waals surface area contributed by atoms with Crippen LogP contribution in [0.2, 0.25) is 0 Å². The van der Waals surface area contributed by atoms with E-state index in [-0.39, 0.29) is 5.91 Å². The normalized spacial score (nSPS) is 11.2. The highest BCUT2D eigenvalue weighted by molar-refractivity contribution is 9.10. The lowest BCUT2D eigenvalue weighted by Crippen LogP contribution is -2.16. The number of benzene rings is 1. The average molecular weight is 457 g/mol. The van der Waals surface area contributed by atoms with Gasteiger partial charge in [0.1, 0.15) is 5.82 Å². The van der Waals surface area contributed by atoms with E-state index in [1.165, 1.54) is 11.8 Å². The topological polar surface area (TPSA) is 59.8 Å². The van der Waals surface area contributed by atoms with Gasteiger partial charge in [0, 0.05) is 16.7 Å². The number of amides is 1. The van der Waals surface area contributed by atoms with Gasteiger partial charge in [0.2, 0.25) is 5.91 Å². The molecule has 0 atom stereocenters. The number of hydrogen-bond donors (Lipinski definition) is 1. The lowest BCUT2D eigenvalue weighted by molar-refractivity contribution is -0.113. The average Bonchev–Trinajstić information content (AvgIpc) is 3.01. The molecular weight excluding hydrogens is 432 g/mol. The first kappa shape index (κ1) is 21.3. The Kier molecular flexibility index (Phi) is 8.50. The zero-order chi connectivity index (χ0) is 19.1. The smallest absolute Gasteiger partial charge is 0.234 e. The maximum absolute atomic E-state index is 12.4. The molecule has 0 saturated carbocycles. The molecule has 1 heterocycles. The fraction of sp³-hybridized carbons (Fsp3) is 0.500. The van der Waals surface area contributed by atoms with Crippen molar-refractivity contribution in [2.45, 2.75) is 51.1 Å². The van der Waals surface area contributed by atoms with Crippen LogP contribution in [0.1, 0.15) is 45.0 Å². The van der Waals surface area contributed by atoms with Gasteiger partial charge < -0.3 is 9.88 Å². The Morgan fingerprint density at radius 2 is 2.08 bits per heavy atom. The van der Waals surface area contributed by atoms with Crippen LogP contribution in [-0.2, 0) is 17.1 Å². The maximum Gasteiger partial charge on any atom is 0.234 e. The number of hydrogen-bond acceptors (Lipinski definition) is 5. The minimum atomic E-state index is -0.0330. The van der Waals surface area contributed by atoms with Gasteiger partial charge in [-0.2, -0.15) is 11.8 Å². The minimum Gasteiger partial charge on any atom is -0.325 e. The second-order valence-electron chi connectivity index (χ2n) is 6.00. The lowest BCUT2D eigenvalue weighted by Gasteiger charge is -2.14. The molecule has 5 nitrogen and oxygen atoms in total. The van der Waals surface area contributed by atoms with Crippen molar-refractivity contribution < 1.29 is 4.79 Å². The first-order chi connectivity index (χ1) is 12.5. The van der Waals surface area contributed by atoms with Gasteiger partial charge in [0.25, 0.3) is 0 Å². The predicted octanol–water partition coefficient (Wildman–Crippen LogP) is 5.17. The van der Waals surface area contributed by atoms with E-state index >= 15 is 0 Å². The molecule has 1 N–H and O–H groups in total. The van der Waals surface area contributed by atoms with Crippen LogP contribution in [0.5, 0.6) is 0 Å². The van der Waals surface area contributed by atoms with Crippen LogP contribution in [0.25, 0.3) is 0 Å². The fourth-order valence-corrected chi connectivity index (χ4v) is 4.29. The van der Waals surface area contributed by atoms with Crippen molar-refractivity contribution >= 4 is 51.0 Å². The Morgan fingerprint density at radius 1 is 1.31 bits per heavy atom. The molecule has 0 spiro atoms. The molecule has 0 fully saturated rings. The second kappa shape index (κ2) is 10.4. The van der Waals surface area contributed by atoms with E-state index in [0.717, 1.165) is 44.8 Å². The van der Waals surface area contributed by atoms with Crippen LogP contribution in [0.3, 0.4) is 0 Å². The van der Waals surface area contributed by atoms with E-state index < -0.39 is 0 Å². The molecular formula is C18H25BrN4OS2. The van der Waals surface area contributed by atoms with Crippen molar-refractivity contribution in [3.05, 3.63) is 34.1 Å². The van der Waals surface area contributed by atoms with Gasteiger partial charge in [-0.05, 0) is 42.4 Å². The van der Waals surface area contributed by atoms with Crippen molar-refractivity contribution in [1.82, 2.24) is 14.8 Å². The largest absolute Gasteiger partial charge is 0.325 e. The van der Waals surface area contributed by atoms with Crippen LogP contribution in [0.4, 0.5) is 5.69 Å². The Morgan fingerprint density at radius 3 is 2.73 bits per heavy atom. The van der Waals surface area contributed by atoms with Crippen molar-refractivity contribution in [3.63, 3.8) is 0 Å². The first-order valence-electron chi connectivity index (χ1n) is 8.68. The molecule has 26 heavy (non-hydrogen) atoms. The standard InChI is InChI=1S/C18H25BrN4OS2/c1-5-23-16(10-25-6-2)21-22-18(23)26-11-17(24)20-15-8-7-13(19)9-14(15)12(3)4/h7-9,12H,5-6,10-11H2,1-4H3,(H,20,24).